The Bertz CT molecular complexity index is 807. The third-order valence-corrected chi connectivity index (χ3v) is 6.42. The standard InChI is InChI=1S/C19H27NO7S/c1-4-5-10-20(14-9-11-28(23,24)13-14)17(21)12-27-19(22)15-7-6-8-16(25-2)18(15)26-3/h6-8,14H,4-5,9-13H2,1-3H3/t14-/m1/s1. The Hall–Kier alpha value is -2.29. The van der Waals surface area contributed by atoms with Crippen LogP contribution in [0.1, 0.15) is 36.5 Å². The molecule has 0 unspecified atom stereocenters. The molecule has 1 aliphatic heterocycles. The van der Waals surface area contributed by atoms with Gasteiger partial charge in [0.1, 0.15) is 5.56 Å². The fourth-order valence-corrected chi connectivity index (χ4v) is 4.93. The van der Waals surface area contributed by atoms with Crippen LogP contribution in [-0.2, 0) is 19.4 Å². The van der Waals surface area contributed by atoms with E-state index in [0.29, 0.717) is 18.7 Å². The lowest BCUT2D eigenvalue weighted by molar-refractivity contribution is -0.136. The number of carbonyl (C=O) groups is 2. The smallest absolute Gasteiger partial charge is 0.342 e. The van der Waals surface area contributed by atoms with Crippen LogP contribution in [0.25, 0.3) is 0 Å². The number of unbranched alkanes of at least 4 members (excludes halogenated alkanes) is 1. The molecule has 2 rings (SSSR count). The highest BCUT2D eigenvalue weighted by Gasteiger charge is 2.34. The Morgan fingerprint density at radius 3 is 2.54 bits per heavy atom. The zero-order chi connectivity index (χ0) is 20.7. The van der Waals surface area contributed by atoms with Gasteiger partial charge in [0, 0.05) is 12.6 Å². The molecule has 1 amide bonds. The Balaban J connectivity index is 2.07. The maximum atomic E-state index is 12.7. The zero-order valence-corrected chi connectivity index (χ0v) is 17.3. The van der Waals surface area contributed by atoms with Crippen LogP contribution >= 0.6 is 0 Å². The number of benzene rings is 1. The fraction of sp³-hybridized carbons (Fsp3) is 0.579. The largest absolute Gasteiger partial charge is 0.493 e. The summed E-state index contributed by atoms with van der Waals surface area (Å²) in [6, 6.07) is 4.42. The second kappa shape index (κ2) is 9.77. The second-order valence-corrected chi connectivity index (χ2v) is 8.84. The van der Waals surface area contributed by atoms with E-state index in [1.807, 2.05) is 6.92 Å². The van der Waals surface area contributed by atoms with E-state index in [1.165, 1.54) is 25.2 Å². The summed E-state index contributed by atoms with van der Waals surface area (Å²) in [6.45, 7) is 1.97. The molecule has 0 saturated carbocycles. The van der Waals surface area contributed by atoms with Crippen LogP contribution < -0.4 is 9.47 Å². The van der Waals surface area contributed by atoms with Gasteiger partial charge in [-0.1, -0.05) is 19.4 Å². The maximum absolute atomic E-state index is 12.7. The van der Waals surface area contributed by atoms with Crippen LogP contribution in [0.15, 0.2) is 18.2 Å². The molecule has 28 heavy (non-hydrogen) atoms. The number of esters is 1. The number of hydrogen-bond acceptors (Lipinski definition) is 7. The van der Waals surface area contributed by atoms with Gasteiger partial charge in [0.2, 0.25) is 0 Å². The van der Waals surface area contributed by atoms with Crippen LogP contribution in [0.2, 0.25) is 0 Å². The quantitative estimate of drug-likeness (QED) is 0.568. The molecule has 1 aliphatic rings. The van der Waals surface area contributed by atoms with Crippen molar-refractivity contribution in [3.05, 3.63) is 23.8 Å². The number of ether oxygens (including phenoxy) is 3. The van der Waals surface area contributed by atoms with E-state index in [9.17, 15) is 18.0 Å². The van der Waals surface area contributed by atoms with Crippen LogP contribution in [0.4, 0.5) is 0 Å². The molecule has 1 heterocycles. The highest BCUT2D eigenvalue weighted by Crippen LogP contribution is 2.31. The molecule has 1 atom stereocenters. The summed E-state index contributed by atoms with van der Waals surface area (Å²) in [6.07, 6.45) is 2.03. The van der Waals surface area contributed by atoms with E-state index < -0.39 is 28.3 Å². The van der Waals surface area contributed by atoms with Crippen molar-refractivity contribution in [2.45, 2.75) is 32.2 Å². The Kier molecular flexibility index (Phi) is 7.68. The first kappa shape index (κ1) is 22.0. The van der Waals surface area contributed by atoms with E-state index in [2.05, 4.69) is 0 Å². The minimum absolute atomic E-state index is 0.0416. The molecule has 1 saturated heterocycles. The molecule has 0 aliphatic carbocycles. The highest BCUT2D eigenvalue weighted by atomic mass is 32.2. The lowest BCUT2D eigenvalue weighted by atomic mass is 10.2. The van der Waals surface area contributed by atoms with Gasteiger partial charge >= 0.3 is 5.97 Å². The predicted molar refractivity (Wildman–Crippen MR) is 104 cm³/mol. The van der Waals surface area contributed by atoms with Gasteiger partial charge in [0.15, 0.2) is 27.9 Å². The number of rotatable bonds is 9. The molecule has 8 nitrogen and oxygen atoms in total. The molecule has 1 aromatic rings. The van der Waals surface area contributed by atoms with Gasteiger partial charge in [-0.05, 0) is 25.0 Å². The summed E-state index contributed by atoms with van der Waals surface area (Å²) in [7, 11) is -0.256. The van der Waals surface area contributed by atoms with Crippen molar-refractivity contribution < 1.29 is 32.2 Å². The highest BCUT2D eigenvalue weighted by molar-refractivity contribution is 7.91. The van der Waals surface area contributed by atoms with E-state index in [-0.39, 0.29) is 28.9 Å². The summed E-state index contributed by atoms with van der Waals surface area (Å²) >= 11 is 0. The SMILES string of the molecule is CCCCN(C(=O)COC(=O)c1cccc(OC)c1OC)[C@@H]1CCS(=O)(=O)C1. The van der Waals surface area contributed by atoms with Crippen molar-refractivity contribution in [2.75, 3.05) is 38.9 Å². The number of hydrogen-bond donors (Lipinski definition) is 0. The maximum Gasteiger partial charge on any atom is 0.342 e. The summed E-state index contributed by atoms with van der Waals surface area (Å²) in [4.78, 5) is 26.6. The van der Waals surface area contributed by atoms with Crippen molar-refractivity contribution in [1.29, 1.82) is 0 Å². The Labute approximate surface area is 165 Å². The van der Waals surface area contributed by atoms with Crippen molar-refractivity contribution in [3.8, 4) is 11.5 Å². The topological polar surface area (TPSA) is 99.2 Å². The molecule has 0 radical (unpaired) electrons. The first-order valence-electron chi connectivity index (χ1n) is 9.21. The second-order valence-electron chi connectivity index (χ2n) is 6.61. The summed E-state index contributed by atoms with van der Waals surface area (Å²) in [5.74, 6) is -0.463. The van der Waals surface area contributed by atoms with Crippen LogP contribution in [0.3, 0.4) is 0 Å². The fourth-order valence-electron chi connectivity index (χ4n) is 3.20. The van der Waals surface area contributed by atoms with Gasteiger partial charge in [-0.25, -0.2) is 13.2 Å². The average Bonchev–Trinajstić information content (AvgIpc) is 3.04. The molecule has 0 N–H and O–H groups in total. The minimum Gasteiger partial charge on any atom is -0.493 e. The molecule has 9 heteroatoms. The van der Waals surface area contributed by atoms with Crippen molar-refractivity contribution in [3.63, 3.8) is 0 Å². The van der Waals surface area contributed by atoms with Crippen molar-refractivity contribution in [1.82, 2.24) is 4.90 Å². The summed E-state index contributed by atoms with van der Waals surface area (Å²) < 4.78 is 39.1. The third-order valence-electron chi connectivity index (χ3n) is 4.67. The number of carbonyl (C=O) groups excluding carboxylic acids is 2. The summed E-state index contributed by atoms with van der Waals surface area (Å²) in [5, 5.41) is 0. The predicted octanol–water partition coefficient (Wildman–Crippen LogP) is 1.68. The van der Waals surface area contributed by atoms with E-state index in [0.717, 1.165) is 12.8 Å². The van der Waals surface area contributed by atoms with E-state index in [4.69, 9.17) is 14.2 Å². The first-order valence-corrected chi connectivity index (χ1v) is 11.0. The molecule has 156 valence electrons. The average molecular weight is 413 g/mol. The number of amides is 1. The van der Waals surface area contributed by atoms with E-state index in [1.54, 1.807) is 12.1 Å². The summed E-state index contributed by atoms with van der Waals surface area (Å²) in [5.41, 5.74) is 0.151. The van der Waals surface area contributed by atoms with Gasteiger partial charge in [0.05, 0.1) is 25.7 Å². The monoisotopic (exact) mass is 413 g/mol. The van der Waals surface area contributed by atoms with Gasteiger partial charge in [-0.2, -0.15) is 0 Å². The molecule has 0 aromatic heterocycles. The van der Waals surface area contributed by atoms with Gasteiger partial charge < -0.3 is 19.1 Å². The zero-order valence-electron chi connectivity index (χ0n) is 16.5. The van der Waals surface area contributed by atoms with Crippen LogP contribution in [-0.4, -0.2) is 70.1 Å². The van der Waals surface area contributed by atoms with Gasteiger partial charge in [0.25, 0.3) is 5.91 Å². The minimum atomic E-state index is -3.12. The van der Waals surface area contributed by atoms with Gasteiger partial charge in [-0.3, -0.25) is 4.79 Å². The van der Waals surface area contributed by atoms with E-state index >= 15 is 0 Å². The van der Waals surface area contributed by atoms with Crippen LogP contribution in [0, 0.1) is 0 Å². The number of nitrogens with zero attached hydrogens (tertiary/aromatic N) is 1. The number of sulfone groups is 1. The molecular weight excluding hydrogens is 386 g/mol. The molecule has 1 aromatic carbocycles. The van der Waals surface area contributed by atoms with Crippen LogP contribution in [0.5, 0.6) is 11.5 Å². The normalized spacial score (nSPS) is 17.8. The third kappa shape index (κ3) is 5.37. The lowest BCUT2D eigenvalue weighted by Gasteiger charge is -2.28. The molecule has 1 fully saturated rings. The molecule has 0 spiro atoms. The van der Waals surface area contributed by atoms with Gasteiger partial charge in [-0.15, -0.1) is 0 Å². The number of para-hydroxylation sites is 1. The number of methoxy groups -OCH3 is 2. The van der Waals surface area contributed by atoms with Crippen molar-refractivity contribution in [2.24, 2.45) is 0 Å². The molecule has 0 bridgehead atoms. The Morgan fingerprint density at radius 1 is 1.21 bits per heavy atom. The Morgan fingerprint density at radius 2 is 1.96 bits per heavy atom. The lowest BCUT2D eigenvalue weighted by Crippen LogP contribution is -2.43. The first-order chi connectivity index (χ1) is 13.3. The molecular formula is C19H27NO7S. The van der Waals surface area contributed by atoms with Crippen molar-refractivity contribution >= 4 is 21.7 Å².